The van der Waals surface area contributed by atoms with Gasteiger partial charge in [0.2, 0.25) is 5.95 Å². The van der Waals surface area contributed by atoms with Gasteiger partial charge in [0.1, 0.15) is 0 Å². The standard InChI is InChI=1S/C25H29N5O2/c1-19-8-6-7-11-22(19)24(32)29-12-14-30(15-13-29)25-26-21(16-23(31)27-25)18-28(2)17-20-9-4-3-5-10-20/h3-11,16H,12-15,17-18H2,1-2H3,(H,26,27,31). The summed E-state index contributed by atoms with van der Waals surface area (Å²) in [4.78, 5) is 38.8. The fraction of sp³-hybridized carbons (Fsp3) is 0.320. The van der Waals surface area contributed by atoms with Crippen molar-refractivity contribution in [1.29, 1.82) is 0 Å². The van der Waals surface area contributed by atoms with E-state index in [9.17, 15) is 9.59 Å². The van der Waals surface area contributed by atoms with E-state index in [4.69, 9.17) is 4.98 Å². The quantitative estimate of drug-likeness (QED) is 0.650. The van der Waals surface area contributed by atoms with Gasteiger partial charge in [0.15, 0.2) is 0 Å². The van der Waals surface area contributed by atoms with Gasteiger partial charge in [-0.1, -0.05) is 48.5 Å². The number of piperazine rings is 1. The number of nitrogens with one attached hydrogen (secondary N) is 1. The summed E-state index contributed by atoms with van der Waals surface area (Å²) in [6, 6.07) is 19.5. The predicted molar refractivity (Wildman–Crippen MR) is 126 cm³/mol. The molecule has 0 atom stereocenters. The molecule has 1 aliphatic heterocycles. The Bertz CT molecular complexity index is 1120. The lowest BCUT2D eigenvalue weighted by atomic mass is 10.1. The third-order valence-corrected chi connectivity index (χ3v) is 5.75. The molecule has 4 rings (SSSR count). The van der Waals surface area contributed by atoms with Crippen molar-refractivity contribution in [3.8, 4) is 0 Å². The van der Waals surface area contributed by atoms with Gasteiger partial charge >= 0.3 is 0 Å². The molecule has 0 bridgehead atoms. The van der Waals surface area contributed by atoms with Crippen LogP contribution >= 0.6 is 0 Å². The van der Waals surface area contributed by atoms with Crippen LogP contribution in [-0.4, -0.2) is 58.9 Å². The van der Waals surface area contributed by atoms with E-state index in [0.717, 1.165) is 23.4 Å². The Labute approximate surface area is 188 Å². The molecule has 7 nitrogen and oxygen atoms in total. The molecule has 1 amide bonds. The fourth-order valence-electron chi connectivity index (χ4n) is 4.06. The zero-order valence-corrected chi connectivity index (χ0v) is 18.6. The van der Waals surface area contributed by atoms with E-state index in [2.05, 4.69) is 22.0 Å². The average molecular weight is 432 g/mol. The Kier molecular flexibility index (Phi) is 6.66. The van der Waals surface area contributed by atoms with Gasteiger partial charge in [-0.05, 0) is 31.2 Å². The monoisotopic (exact) mass is 431 g/mol. The maximum absolute atomic E-state index is 12.9. The molecule has 166 valence electrons. The highest BCUT2D eigenvalue weighted by Gasteiger charge is 2.24. The van der Waals surface area contributed by atoms with Gasteiger partial charge in [0.25, 0.3) is 11.5 Å². The number of aromatic nitrogens is 2. The third kappa shape index (κ3) is 5.23. The largest absolute Gasteiger partial charge is 0.339 e. The SMILES string of the molecule is Cc1ccccc1C(=O)N1CCN(c2nc(CN(C)Cc3ccccc3)cc(=O)[nH]2)CC1. The Morgan fingerprint density at radius 1 is 1.00 bits per heavy atom. The van der Waals surface area contributed by atoms with Crippen molar-refractivity contribution >= 4 is 11.9 Å². The van der Waals surface area contributed by atoms with Crippen molar-refractivity contribution in [2.24, 2.45) is 0 Å². The van der Waals surface area contributed by atoms with Crippen molar-refractivity contribution in [3.05, 3.63) is 93.4 Å². The number of amides is 1. The number of carbonyl (C=O) groups is 1. The fourth-order valence-corrected chi connectivity index (χ4v) is 4.06. The van der Waals surface area contributed by atoms with E-state index >= 15 is 0 Å². The van der Waals surface area contributed by atoms with Gasteiger partial charge in [0, 0.05) is 50.9 Å². The van der Waals surface area contributed by atoms with Crippen LogP contribution in [0.15, 0.2) is 65.5 Å². The summed E-state index contributed by atoms with van der Waals surface area (Å²) in [6.07, 6.45) is 0. The lowest BCUT2D eigenvalue weighted by Gasteiger charge is -2.35. The summed E-state index contributed by atoms with van der Waals surface area (Å²) in [5, 5.41) is 0. The van der Waals surface area contributed by atoms with Crippen LogP contribution in [-0.2, 0) is 13.1 Å². The first-order valence-electron chi connectivity index (χ1n) is 10.9. The van der Waals surface area contributed by atoms with Crippen LogP contribution in [0.1, 0.15) is 27.2 Å². The minimum absolute atomic E-state index is 0.0560. The van der Waals surface area contributed by atoms with Gasteiger partial charge < -0.3 is 9.80 Å². The van der Waals surface area contributed by atoms with E-state index < -0.39 is 0 Å². The molecule has 1 fully saturated rings. The summed E-state index contributed by atoms with van der Waals surface area (Å²) in [6.45, 7) is 5.76. The number of benzene rings is 2. The first kappa shape index (κ1) is 21.8. The Hall–Kier alpha value is -3.45. The van der Waals surface area contributed by atoms with Gasteiger partial charge in [0.05, 0.1) is 5.69 Å². The second-order valence-corrected chi connectivity index (χ2v) is 8.31. The lowest BCUT2D eigenvalue weighted by Crippen LogP contribution is -2.49. The van der Waals surface area contributed by atoms with Crippen molar-refractivity contribution in [2.45, 2.75) is 20.0 Å². The number of aryl methyl sites for hydroxylation is 1. The number of rotatable bonds is 6. The lowest BCUT2D eigenvalue weighted by molar-refractivity contribution is 0.0745. The summed E-state index contributed by atoms with van der Waals surface area (Å²) in [7, 11) is 2.02. The summed E-state index contributed by atoms with van der Waals surface area (Å²) in [5.41, 5.74) is 3.53. The summed E-state index contributed by atoms with van der Waals surface area (Å²) < 4.78 is 0. The molecule has 1 aliphatic rings. The second-order valence-electron chi connectivity index (χ2n) is 8.31. The normalized spacial score (nSPS) is 14.1. The molecule has 1 N–H and O–H groups in total. The van der Waals surface area contributed by atoms with Gasteiger partial charge in [-0.15, -0.1) is 0 Å². The maximum atomic E-state index is 12.9. The van der Waals surface area contributed by atoms with E-state index in [-0.39, 0.29) is 11.5 Å². The van der Waals surface area contributed by atoms with Crippen LogP contribution in [0.3, 0.4) is 0 Å². The molecule has 0 radical (unpaired) electrons. The number of H-pyrrole nitrogens is 1. The molecule has 0 unspecified atom stereocenters. The summed E-state index contributed by atoms with van der Waals surface area (Å²) in [5.74, 6) is 0.629. The molecule has 1 saturated heterocycles. The molecule has 1 aromatic heterocycles. The maximum Gasteiger partial charge on any atom is 0.254 e. The number of aromatic amines is 1. The first-order valence-corrected chi connectivity index (χ1v) is 10.9. The number of hydrogen-bond acceptors (Lipinski definition) is 5. The van der Waals surface area contributed by atoms with E-state index in [1.54, 1.807) is 6.07 Å². The highest BCUT2D eigenvalue weighted by molar-refractivity contribution is 5.95. The molecule has 2 heterocycles. The van der Waals surface area contributed by atoms with Gasteiger partial charge in [-0.25, -0.2) is 4.98 Å². The first-order chi connectivity index (χ1) is 15.5. The molecule has 0 aliphatic carbocycles. The minimum atomic E-state index is -0.156. The van der Waals surface area contributed by atoms with Crippen molar-refractivity contribution in [2.75, 3.05) is 38.1 Å². The topological polar surface area (TPSA) is 72.5 Å². The minimum Gasteiger partial charge on any atom is -0.339 e. The Balaban J connectivity index is 1.39. The highest BCUT2D eigenvalue weighted by Crippen LogP contribution is 2.15. The van der Waals surface area contributed by atoms with Crippen molar-refractivity contribution in [1.82, 2.24) is 19.8 Å². The average Bonchev–Trinajstić information content (AvgIpc) is 2.79. The van der Waals surface area contributed by atoms with E-state index in [0.29, 0.717) is 38.7 Å². The predicted octanol–water partition coefficient (Wildman–Crippen LogP) is 2.67. The highest BCUT2D eigenvalue weighted by atomic mass is 16.2. The smallest absolute Gasteiger partial charge is 0.254 e. The van der Waals surface area contributed by atoms with E-state index in [1.807, 2.05) is 66.2 Å². The van der Waals surface area contributed by atoms with Crippen LogP contribution in [0.25, 0.3) is 0 Å². The van der Waals surface area contributed by atoms with Crippen LogP contribution in [0.4, 0.5) is 5.95 Å². The number of hydrogen-bond donors (Lipinski definition) is 1. The Morgan fingerprint density at radius 3 is 2.41 bits per heavy atom. The van der Waals surface area contributed by atoms with Crippen LogP contribution in [0.5, 0.6) is 0 Å². The van der Waals surface area contributed by atoms with Gasteiger partial charge in [-0.2, -0.15) is 0 Å². The molecule has 0 spiro atoms. The molecule has 7 heteroatoms. The molecular formula is C25H29N5O2. The van der Waals surface area contributed by atoms with Crippen LogP contribution in [0, 0.1) is 6.92 Å². The molecule has 0 saturated carbocycles. The number of anilines is 1. The Morgan fingerprint density at radius 2 is 1.69 bits per heavy atom. The zero-order chi connectivity index (χ0) is 22.5. The molecular weight excluding hydrogens is 402 g/mol. The molecule has 32 heavy (non-hydrogen) atoms. The van der Waals surface area contributed by atoms with Crippen LogP contribution in [0.2, 0.25) is 0 Å². The van der Waals surface area contributed by atoms with Crippen LogP contribution < -0.4 is 10.5 Å². The summed E-state index contributed by atoms with van der Waals surface area (Å²) >= 11 is 0. The van der Waals surface area contributed by atoms with Gasteiger partial charge in [-0.3, -0.25) is 19.5 Å². The molecule has 3 aromatic rings. The van der Waals surface area contributed by atoms with Crippen molar-refractivity contribution < 1.29 is 4.79 Å². The number of nitrogens with zero attached hydrogens (tertiary/aromatic N) is 4. The second kappa shape index (κ2) is 9.78. The zero-order valence-electron chi connectivity index (χ0n) is 18.6. The molecule has 2 aromatic carbocycles. The van der Waals surface area contributed by atoms with Crippen molar-refractivity contribution in [3.63, 3.8) is 0 Å². The number of carbonyl (C=O) groups excluding carboxylic acids is 1. The van der Waals surface area contributed by atoms with E-state index in [1.165, 1.54) is 5.56 Å². The third-order valence-electron chi connectivity index (χ3n) is 5.75.